The molecule has 4 heteroatoms. The number of nitrogens with one attached hydrogen (secondary N) is 1. The van der Waals surface area contributed by atoms with E-state index in [4.69, 9.17) is 16.6 Å². The summed E-state index contributed by atoms with van der Waals surface area (Å²) in [4.78, 5) is 17.1. The summed E-state index contributed by atoms with van der Waals surface area (Å²) in [5.41, 5.74) is 1.26. The lowest BCUT2D eigenvalue weighted by molar-refractivity contribution is -0.115. The van der Waals surface area contributed by atoms with Gasteiger partial charge in [-0.15, -0.1) is 0 Å². The highest BCUT2D eigenvalue weighted by atomic mass is 35.5. The van der Waals surface area contributed by atoms with Gasteiger partial charge in [-0.25, -0.2) is 0 Å². The topological polar surface area (TPSA) is 41.5 Å². The molecule has 118 valence electrons. The Morgan fingerprint density at radius 2 is 1.95 bits per heavy atom. The third-order valence-corrected chi connectivity index (χ3v) is 5.26. The lowest BCUT2D eigenvalue weighted by Crippen LogP contribution is -2.46. The molecule has 1 amide bonds. The van der Waals surface area contributed by atoms with Crippen LogP contribution in [0.3, 0.4) is 0 Å². The molecular weight excluding hydrogens is 296 g/mol. The van der Waals surface area contributed by atoms with Gasteiger partial charge in [-0.1, -0.05) is 44.5 Å². The summed E-state index contributed by atoms with van der Waals surface area (Å²) < 4.78 is 0. The minimum Gasteiger partial charge on any atom is -0.326 e. The Hall–Kier alpha value is -1.35. The number of aliphatic imine (C=N–C) groups is 1. The Bertz CT molecular complexity index is 622. The molecule has 0 saturated heterocycles. The maximum atomic E-state index is 12.4. The smallest absolute Gasteiger partial charge is 0.272 e. The van der Waals surface area contributed by atoms with E-state index in [1.807, 2.05) is 18.2 Å². The standard InChI is InChI=1S/C18H23ClN2O/c1-17(2,3)13-7-9-18(10-8-13)20-15(16(22)21-18)12-5-4-6-14(19)11-12/h4-6,11,13H,7-10H2,1-3H3,(H,21,22). The minimum absolute atomic E-state index is 0.0727. The van der Waals surface area contributed by atoms with Crippen LogP contribution in [-0.4, -0.2) is 17.3 Å². The van der Waals surface area contributed by atoms with Gasteiger partial charge in [0.25, 0.3) is 5.91 Å². The van der Waals surface area contributed by atoms with Gasteiger partial charge < -0.3 is 5.32 Å². The molecule has 1 saturated carbocycles. The van der Waals surface area contributed by atoms with E-state index in [-0.39, 0.29) is 5.91 Å². The van der Waals surface area contributed by atoms with Crippen molar-refractivity contribution in [2.24, 2.45) is 16.3 Å². The van der Waals surface area contributed by atoms with Gasteiger partial charge in [0.05, 0.1) is 0 Å². The number of hydrogen-bond donors (Lipinski definition) is 1. The zero-order valence-electron chi connectivity index (χ0n) is 13.4. The molecule has 0 atom stereocenters. The van der Waals surface area contributed by atoms with Crippen LogP contribution in [0.25, 0.3) is 0 Å². The molecule has 2 aliphatic rings. The number of carbonyl (C=O) groups is 1. The second-order valence-electron chi connectivity index (χ2n) is 7.60. The van der Waals surface area contributed by atoms with Crippen LogP contribution in [0, 0.1) is 11.3 Å². The average Bonchev–Trinajstić information content (AvgIpc) is 2.75. The molecule has 1 N–H and O–H groups in total. The van der Waals surface area contributed by atoms with Crippen LogP contribution in [0.4, 0.5) is 0 Å². The first kappa shape index (κ1) is 15.5. The van der Waals surface area contributed by atoms with Gasteiger partial charge in [-0.05, 0) is 49.1 Å². The number of amides is 1. The maximum absolute atomic E-state index is 12.4. The summed E-state index contributed by atoms with van der Waals surface area (Å²) in [6, 6.07) is 7.36. The van der Waals surface area contributed by atoms with E-state index >= 15 is 0 Å². The number of hydrogen-bond acceptors (Lipinski definition) is 2. The van der Waals surface area contributed by atoms with E-state index in [2.05, 4.69) is 26.1 Å². The third-order valence-electron chi connectivity index (χ3n) is 5.02. The second-order valence-corrected chi connectivity index (χ2v) is 8.03. The molecular formula is C18H23ClN2O. The fourth-order valence-electron chi connectivity index (χ4n) is 3.59. The fourth-order valence-corrected chi connectivity index (χ4v) is 3.78. The van der Waals surface area contributed by atoms with Gasteiger partial charge >= 0.3 is 0 Å². The predicted octanol–water partition coefficient (Wildman–Crippen LogP) is 4.19. The van der Waals surface area contributed by atoms with Crippen molar-refractivity contribution >= 4 is 23.2 Å². The second kappa shape index (κ2) is 5.38. The highest BCUT2D eigenvalue weighted by molar-refractivity contribution is 6.47. The fraction of sp³-hybridized carbons (Fsp3) is 0.556. The van der Waals surface area contributed by atoms with Gasteiger partial charge in [0.1, 0.15) is 11.4 Å². The summed E-state index contributed by atoms with van der Waals surface area (Å²) in [6.07, 6.45) is 4.06. The Morgan fingerprint density at radius 1 is 1.27 bits per heavy atom. The molecule has 0 unspecified atom stereocenters. The van der Waals surface area contributed by atoms with Gasteiger partial charge in [0.2, 0.25) is 0 Å². The molecule has 1 aromatic carbocycles. The molecule has 22 heavy (non-hydrogen) atoms. The van der Waals surface area contributed by atoms with Gasteiger partial charge in [0, 0.05) is 10.6 Å². The quantitative estimate of drug-likeness (QED) is 0.828. The molecule has 1 aliphatic carbocycles. The first-order valence-electron chi connectivity index (χ1n) is 7.97. The van der Waals surface area contributed by atoms with E-state index in [0.29, 0.717) is 22.1 Å². The van der Waals surface area contributed by atoms with Crippen molar-refractivity contribution < 1.29 is 4.79 Å². The Morgan fingerprint density at radius 3 is 2.55 bits per heavy atom. The molecule has 1 fully saturated rings. The average molecular weight is 319 g/mol. The molecule has 1 heterocycles. The van der Waals surface area contributed by atoms with Crippen LogP contribution < -0.4 is 5.32 Å². The largest absolute Gasteiger partial charge is 0.326 e. The Labute approximate surface area is 137 Å². The van der Waals surface area contributed by atoms with E-state index < -0.39 is 5.66 Å². The van der Waals surface area contributed by atoms with Crippen LogP contribution in [-0.2, 0) is 4.79 Å². The van der Waals surface area contributed by atoms with Crippen LogP contribution >= 0.6 is 11.6 Å². The van der Waals surface area contributed by atoms with Gasteiger partial charge in [-0.3, -0.25) is 9.79 Å². The Balaban J connectivity index is 1.82. The highest BCUT2D eigenvalue weighted by Gasteiger charge is 2.44. The normalized spacial score (nSPS) is 28.6. The summed E-state index contributed by atoms with van der Waals surface area (Å²) in [7, 11) is 0. The zero-order chi connectivity index (χ0) is 16.0. The van der Waals surface area contributed by atoms with Crippen molar-refractivity contribution in [1.82, 2.24) is 5.32 Å². The van der Waals surface area contributed by atoms with E-state index in [1.54, 1.807) is 6.07 Å². The summed E-state index contributed by atoms with van der Waals surface area (Å²) in [6.45, 7) is 6.89. The van der Waals surface area contributed by atoms with Crippen LogP contribution in [0.15, 0.2) is 29.3 Å². The van der Waals surface area contributed by atoms with Crippen LogP contribution in [0.5, 0.6) is 0 Å². The van der Waals surface area contributed by atoms with Crippen molar-refractivity contribution in [3.05, 3.63) is 34.9 Å². The van der Waals surface area contributed by atoms with Crippen molar-refractivity contribution in [1.29, 1.82) is 0 Å². The summed E-state index contributed by atoms with van der Waals surface area (Å²) >= 11 is 6.03. The van der Waals surface area contributed by atoms with Crippen molar-refractivity contribution in [2.75, 3.05) is 0 Å². The molecule has 1 aliphatic heterocycles. The maximum Gasteiger partial charge on any atom is 0.272 e. The molecule has 0 bridgehead atoms. The van der Waals surface area contributed by atoms with E-state index in [1.165, 1.54) is 0 Å². The highest BCUT2D eigenvalue weighted by Crippen LogP contribution is 2.43. The number of halogens is 1. The third kappa shape index (κ3) is 2.91. The summed E-state index contributed by atoms with van der Waals surface area (Å²) in [5.74, 6) is 0.622. The lowest BCUT2D eigenvalue weighted by atomic mass is 9.70. The molecule has 1 aromatic rings. The molecule has 3 nitrogen and oxygen atoms in total. The zero-order valence-corrected chi connectivity index (χ0v) is 14.2. The molecule has 0 aromatic heterocycles. The van der Waals surface area contributed by atoms with Crippen LogP contribution in [0.1, 0.15) is 52.0 Å². The van der Waals surface area contributed by atoms with E-state index in [9.17, 15) is 4.79 Å². The first-order chi connectivity index (χ1) is 10.3. The van der Waals surface area contributed by atoms with Crippen molar-refractivity contribution in [3.63, 3.8) is 0 Å². The number of rotatable bonds is 1. The van der Waals surface area contributed by atoms with Crippen molar-refractivity contribution in [2.45, 2.75) is 52.1 Å². The van der Waals surface area contributed by atoms with E-state index in [0.717, 1.165) is 31.2 Å². The summed E-state index contributed by atoms with van der Waals surface area (Å²) in [5, 5.41) is 3.75. The predicted molar refractivity (Wildman–Crippen MR) is 90.3 cm³/mol. The molecule has 0 radical (unpaired) electrons. The minimum atomic E-state index is -0.392. The first-order valence-corrected chi connectivity index (χ1v) is 8.35. The molecule has 3 rings (SSSR count). The Kier molecular flexibility index (Phi) is 3.80. The van der Waals surface area contributed by atoms with Gasteiger partial charge in [0.15, 0.2) is 0 Å². The number of carbonyl (C=O) groups excluding carboxylic acids is 1. The number of benzene rings is 1. The molecule has 1 spiro atoms. The SMILES string of the molecule is CC(C)(C)C1CCC2(CC1)N=C(c1cccc(Cl)c1)C(=O)N2. The van der Waals surface area contributed by atoms with Crippen LogP contribution in [0.2, 0.25) is 5.02 Å². The monoisotopic (exact) mass is 318 g/mol. The van der Waals surface area contributed by atoms with Crippen molar-refractivity contribution in [3.8, 4) is 0 Å². The lowest BCUT2D eigenvalue weighted by Gasteiger charge is -2.40. The van der Waals surface area contributed by atoms with Gasteiger partial charge in [-0.2, -0.15) is 0 Å². The number of nitrogens with zero attached hydrogens (tertiary/aromatic N) is 1.